The van der Waals surface area contributed by atoms with Crippen LogP contribution in [0.3, 0.4) is 0 Å². The molecule has 1 heteroatoms. The minimum absolute atomic E-state index is 0.293. The van der Waals surface area contributed by atoms with Crippen LogP contribution in [0.1, 0.15) is 58.1 Å². The first-order chi connectivity index (χ1) is 8.55. The molecule has 1 rings (SSSR count). The molecule has 0 aliphatic heterocycles. The molecule has 1 unspecified atom stereocenters. The summed E-state index contributed by atoms with van der Waals surface area (Å²) in [4.78, 5) is 0. The maximum absolute atomic E-state index is 9.03. The monoisotopic (exact) mass is 248 g/mol. The first kappa shape index (κ1) is 15.2. The second-order valence-corrected chi connectivity index (χ2v) is 5.79. The lowest BCUT2D eigenvalue weighted by Gasteiger charge is -2.27. The number of aryl methyl sites for hydroxylation is 1. The van der Waals surface area contributed by atoms with Crippen molar-refractivity contribution in [2.75, 3.05) is 6.61 Å². The van der Waals surface area contributed by atoms with Crippen molar-refractivity contribution in [1.29, 1.82) is 0 Å². The molecule has 0 saturated carbocycles. The predicted octanol–water partition coefficient (Wildman–Crippen LogP) is 4.33. The molecule has 0 aliphatic rings. The Morgan fingerprint density at radius 3 is 2.11 bits per heavy atom. The molecule has 0 aromatic heterocycles. The van der Waals surface area contributed by atoms with Crippen molar-refractivity contribution >= 4 is 0 Å². The van der Waals surface area contributed by atoms with Crippen LogP contribution >= 0.6 is 0 Å². The summed E-state index contributed by atoms with van der Waals surface area (Å²) < 4.78 is 0. The van der Waals surface area contributed by atoms with Crippen LogP contribution in [0.25, 0.3) is 0 Å². The zero-order chi connectivity index (χ0) is 13.6. The first-order valence-corrected chi connectivity index (χ1v) is 7.26. The number of hydrogen-bond donors (Lipinski definition) is 1. The number of aliphatic hydroxyl groups is 1. The third-order valence-corrected chi connectivity index (χ3v) is 4.45. The molecule has 0 saturated heterocycles. The molecule has 0 aliphatic carbocycles. The normalized spacial score (nSPS) is 13.6. The van der Waals surface area contributed by atoms with E-state index in [0.717, 1.165) is 12.8 Å². The van der Waals surface area contributed by atoms with Gasteiger partial charge in [0.25, 0.3) is 0 Å². The van der Waals surface area contributed by atoms with E-state index < -0.39 is 0 Å². The molecule has 18 heavy (non-hydrogen) atoms. The summed E-state index contributed by atoms with van der Waals surface area (Å²) >= 11 is 0. The average molecular weight is 248 g/mol. The van der Waals surface area contributed by atoms with Crippen LogP contribution in [0.5, 0.6) is 0 Å². The highest BCUT2D eigenvalue weighted by Gasteiger charge is 2.21. The van der Waals surface area contributed by atoms with Crippen LogP contribution < -0.4 is 0 Å². The molecule has 0 radical (unpaired) electrons. The lowest BCUT2D eigenvalue weighted by atomic mass is 9.77. The fourth-order valence-electron chi connectivity index (χ4n) is 2.24. The fraction of sp³-hybridized carbons (Fsp3) is 0.647. The lowest BCUT2D eigenvalue weighted by molar-refractivity contribution is 0.230. The molecule has 0 heterocycles. The third kappa shape index (κ3) is 3.84. The molecule has 102 valence electrons. The van der Waals surface area contributed by atoms with Gasteiger partial charge in [0.2, 0.25) is 0 Å². The van der Waals surface area contributed by atoms with E-state index in [1.807, 2.05) is 0 Å². The van der Waals surface area contributed by atoms with Gasteiger partial charge < -0.3 is 5.11 Å². The van der Waals surface area contributed by atoms with Crippen LogP contribution in [0.15, 0.2) is 24.3 Å². The van der Waals surface area contributed by atoms with E-state index >= 15 is 0 Å². The van der Waals surface area contributed by atoms with Gasteiger partial charge in [0.1, 0.15) is 0 Å². The highest BCUT2D eigenvalue weighted by atomic mass is 16.3. The number of aliphatic hydroxyl groups excluding tert-OH is 1. The van der Waals surface area contributed by atoms with E-state index in [1.54, 1.807) is 0 Å². The molecule has 1 aromatic carbocycles. The summed E-state index contributed by atoms with van der Waals surface area (Å²) in [7, 11) is 0. The molecule has 1 N–H and O–H groups in total. The van der Waals surface area contributed by atoms with Crippen molar-refractivity contribution in [3.05, 3.63) is 35.4 Å². The van der Waals surface area contributed by atoms with Crippen molar-refractivity contribution in [3.8, 4) is 0 Å². The highest BCUT2D eigenvalue weighted by Crippen LogP contribution is 2.31. The maximum atomic E-state index is 9.03. The van der Waals surface area contributed by atoms with E-state index in [2.05, 4.69) is 52.0 Å². The Morgan fingerprint density at radius 2 is 1.67 bits per heavy atom. The average Bonchev–Trinajstić information content (AvgIpc) is 2.44. The fourth-order valence-corrected chi connectivity index (χ4v) is 2.24. The van der Waals surface area contributed by atoms with Gasteiger partial charge in [-0.1, -0.05) is 52.0 Å². The highest BCUT2D eigenvalue weighted by molar-refractivity contribution is 5.28. The van der Waals surface area contributed by atoms with Crippen LogP contribution in [-0.4, -0.2) is 11.7 Å². The summed E-state index contributed by atoms with van der Waals surface area (Å²) in [6.07, 6.45) is 4.50. The van der Waals surface area contributed by atoms with E-state index in [0.29, 0.717) is 17.9 Å². The Hall–Kier alpha value is -0.820. The van der Waals surface area contributed by atoms with Crippen molar-refractivity contribution in [1.82, 2.24) is 0 Å². The standard InChI is InChI=1S/C17H28O/c1-5-17(4,6-2)16-11-9-15(10-12-16)8-7-14(3)13-18/h9-12,14,18H,5-8,13H2,1-4H3. The van der Waals surface area contributed by atoms with Crippen molar-refractivity contribution in [3.63, 3.8) is 0 Å². The van der Waals surface area contributed by atoms with Crippen LogP contribution in [-0.2, 0) is 11.8 Å². The molecular formula is C17H28O. The Labute approximate surface area is 112 Å². The van der Waals surface area contributed by atoms with Gasteiger partial charge in [-0.05, 0) is 48.1 Å². The Kier molecular flexibility index (Phi) is 5.87. The molecule has 0 fully saturated rings. The van der Waals surface area contributed by atoms with E-state index in [4.69, 9.17) is 5.11 Å². The summed E-state index contributed by atoms with van der Waals surface area (Å²) in [6.45, 7) is 9.26. The molecule has 1 nitrogen and oxygen atoms in total. The van der Waals surface area contributed by atoms with Crippen LogP contribution in [0.4, 0.5) is 0 Å². The summed E-state index contributed by atoms with van der Waals surface area (Å²) in [5.74, 6) is 0.404. The summed E-state index contributed by atoms with van der Waals surface area (Å²) in [5, 5.41) is 9.03. The first-order valence-electron chi connectivity index (χ1n) is 7.26. The van der Waals surface area contributed by atoms with Gasteiger partial charge in [0, 0.05) is 6.61 Å². The molecule has 0 amide bonds. The van der Waals surface area contributed by atoms with Gasteiger partial charge in [0.15, 0.2) is 0 Å². The predicted molar refractivity (Wildman–Crippen MR) is 78.9 cm³/mol. The summed E-state index contributed by atoms with van der Waals surface area (Å²) in [5.41, 5.74) is 3.15. The van der Waals surface area contributed by atoms with Crippen LogP contribution in [0.2, 0.25) is 0 Å². The van der Waals surface area contributed by atoms with E-state index in [9.17, 15) is 0 Å². The van der Waals surface area contributed by atoms with Gasteiger partial charge in [-0.15, -0.1) is 0 Å². The molecule has 0 bridgehead atoms. The number of benzene rings is 1. The maximum Gasteiger partial charge on any atom is 0.0456 e. The van der Waals surface area contributed by atoms with Gasteiger partial charge >= 0.3 is 0 Å². The SMILES string of the molecule is CCC(C)(CC)c1ccc(CCC(C)CO)cc1. The van der Waals surface area contributed by atoms with Gasteiger partial charge in [-0.2, -0.15) is 0 Å². The van der Waals surface area contributed by atoms with Gasteiger partial charge in [-0.25, -0.2) is 0 Å². The molecule has 1 aromatic rings. The zero-order valence-electron chi connectivity index (χ0n) is 12.4. The Bertz CT molecular complexity index is 335. The molecular weight excluding hydrogens is 220 g/mol. The summed E-state index contributed by atoms with van der Waals surface area (Å²) in [6, 6.07) is 9.07. The van der Waals surface area contributed by atoms with Crippen molar-refractivity contribution in [2.24, 2.45) is 5.92 Å². The number of rotatable bonds is 7. The van der Waals surface area contributed by atoms with E-state index in [-0.39, 0.29) is 0 Å². The smallest absolute Gasteiger partial charge is 0.0456 e. The molecule has 1 atom stereocenters. The van der Waals surface area contributed by atoms with Crippen molar-refractivity contribution in [2.45, 2.75) is 58.8 Å². The molecule has 0 spiro atoms. The lowest BCUT2D eigenvalue weighted by Crippen LogP contribution is -2.19. The number of hydrogen-bond acceptors (Lipinski definition) is 1. The minimum Gasteiger partial charge on any atom is -0.396 e. The minimum atomic E-state index is 0.293. The second kappa shape index (κ2) is 6.94. The zero-order valence-corrected chi connectivity index (χ0v) is 12.4. The van der Waals surface area contributed by atoms with Gasteiger partial charge in [0.05, 0.1) is 0 Å². The Balaban J connectivity index is 2.68. The Morgan fingerprint density at radius 1 is 1.11 bits per heavy atom. The van der Waals surface area contributed by atoms with Gasteiger partial charge in [-0.3, -0.25) is 0 Å². The van der Waals surface area contributed by atoms with Crippen molar-refractivity contribution < 1.29 is 5.11 Å². The quantitative estimate of drug-likeness (QED) is 0.761. The third-order valence-electron chi connectivity index (χ3n) is 4.45. The van der Waals surface area contributed by atoms with E-state index in [1.165, 1.54) is 24.0 Å². The second-order valence-electron chi connectivity index (χ2n) is 5.79. The van der Waals surface area contributed by atoms with Crippen LogP contribution in [0, 0.1) is 5.92 Å². The largest absolute Gasteiger partial charge is 0.396 e. The topological polar surface area (TPSA) is 20.2 Å².